The molecule has 0 aromatic carbocycles. The van der Waals surface area contributed by atoms with E-state index in [1.165, 1.54) is 0 Å². The van der Waals surface area contributed by atoms with Crippen molar-refractivity contribution in [3.63, 3.8) is 0 Å². The van der Waals surface area contributed by atoms with Crippen LogP contribution in [0, 0.1) is 0 Å². The Kier molecular flexibility index (Phi) is 3.80. The Balaban J connectivity index is 2.26. The van der Waals surface area contributed by atoms with Crippen LogP contribution in [0.5, 0.6) is 0 Å². The molecule has 0 atom stereocenters. The summed E-state index contributed by atoms with van der Waals surface area (Å²) in [5.41, 5.74) is 0. The summed E-state index contributed by atoms with van der Waals surface area (Å²) in [5, 5.41) is 2.97. The maximum absolute atomic E-state index is 11.4. The van der Waals surface area contributed by atoms with Crippen LogP contribution in [0.4, 0.5) is 0 Å². The highest BCUT2D eigenvalue weighted by Gasteiger charge is 2.12. The van der Waals surface area contributed by atoms with Crippen molar-refractivity contribution in [2.24, 2.45) is 0 Å². The van der Waals surface area contributed by atoms with Gasteiger partial charge in [0.25, 0.3) is 0 Å². The standard InChI is InChI=1S/C9H16N2O/c1-10-6-5-9(12)11-7-3-2-4-8-11/h2-3,10H,4-8H2,1H3. The molecule has 0 aromatic rings. The van der Waals surface area contributed by atoms with Crippen LogP contribution in [-0.4, -0.2) is 37.5 Å². The Morgan fingerprint density at radius 1 is 1.58 bits per heavy atom. The van der Waals surface area contributed by atoms with Gasteiger partial charge in [-0.25, -0.2) is 0 Å². The molecular formula is C9H16N2O. The highest BCUT2D eigenvalue weighted by Crippen LogP contribution is 2.02. The minimum Gasteiger partial charge on any atom is -0.339 e. The molecule has 0 aromatic heterocycles. The van der Waals surface area contributed by atoms with E-state index in [4.69, 9.17) is 0 Å². The van der Waals surface area contributed by atoms with E-state index in [0.29, 0.717) is 6.42 Å². The summed E-state index contributed by atoms with van der Waals surface area (Å²) in [6, 6.07) is 0. The molecular weight excluding hydrogens is 152 g/mol. The summed E-state index contributed by atoms with van der Waals surface area (Å²) in [4.78, 5) is 13.3. The second-order valence-corrected chi connectivity index (χ2v) is 2.95. The first kappa shape index (κ1) is 9.26. The molecule has 3 heteroatoms. The van der Waals surface area contributed by atoms with Gasteiger partial charge in [0.05, 0.1) is 0 Å². The first-order valence-corrected chi connectivity index (χ1v) is 4.42. The molecule has 0 spiro atoms. The van der Waals surface area contributed by atoms with Gasteiger partial charge in [0.1, 0.15) is 0 Å². The third-order valence-corrected chi connectivity index (χ3v) is 2.00. The zero-order valence-corrected chi connectivity index (χ0v) is 7.55. The molecule has 0 unspecified atom stereocenters. The van der Waals surface area contributed by atoms with Crippen molar-refractivity contribution in [1.29, 1.82) is 0 Å². The van der Waals surface area contributed by atoms with Crippen molar-refractivity contribution in [1.82, 2.24) is 10.2 Å². The third-order valence-electron chi connectivity index (χ3n) is 2.00. The Bertz CT molecular complexity index is 177. The summed E-state index contributed by atoms with van der Waals surface area (Å²) >= 11 is 0. The number of nitrogens with one attached hydrogen (secondary N) is 1. The normalized spacial score (nSPS) is 16.6. The van der Waals surface area contributed by atoms with Crippen molar-refractivity contribution in [3.8, 4) is 0 Å². The predicted octanol–water partition coefficient (Wildman–Crippen LogP) is 0.384. The molecule has 1 aliphatic rings. The molecule has 0 bridgehead atoms. The van der Waals surface area contributed by atoms with E-state index in [-0.39, 0.29) is 5.91 Å². The molecule has 12 heavy (non-hydrogen) atoms. The maximum Gasteiger partial charge on any atom is 0.224 e. The molecule has 1 aliphatic heterocycles. The zero-order chi connectivity index (χ0) is 8.81. The van der Waals surface area contributed by atoms with Crippen LogP contribution in [0.2, 0.25) is 0 Å². The van der Waals surface area contributed by atoms with Crippen LogP contribution in [0.15, 0.2) is 12.2 Å². The van der Waals surface area contributed by atoms with Crippen LogP contribution in [0.1, 0.15) is 12.8 Å². The van der Waals surface area contributed by atoms with Crippen molar-refractivity contribution in [2.75, 3.05) is 26.7 Å². The SMILES string of the molecule is CNCCC(=O)N1CC=CCC1. The molecule has 68 valence electrons. The largest absolute Gasteiger partial charge is 0.339 e. The summed E-state index contributed by atoms with van der Waals surface area (Å²) in [7, 11) is 1.86. The molecule has 0 radical (unpaired) electrons. The Morgan fingerprint density at radius 3 is 3.00 bits per heavy atom. The van der Waals surface area contributed by atoms with Crippen molar-refractivity contribution >= 4 is 5.91 Å². The summed E-state index contributed by atoms with van der Waals surface area (Å²) in [6.07, 6.45) is 5.80. The van der Waals surface area contributed by atoms with Gasteiger partial charge in [-0.15, -0.1) is 0 Å². The highest BCUT2D eigenvalue weighted by atomic mass is 16.2. The van der Waals surface area contributed by atoms with Gasteiger partial charge in [0, 0.05) is 26.1 Å². The zero-order valence-electron chi connectivity index (χ0n) is 7.55. The van der Waals surface area contributed by atoms with Crippen LogP contribution < -0.4 is 5.32 Å². The maximum atomic E-state index is 11.4. The monoisotopic (exact) mass is 168 g/mol. The number of rotatable bonds is 3. The number of hydrogen-bond acceptors (Lipinski definition) is 2. The smallest absolute Gasteiger partial charge is 0.224 e. The van der Waals surface area contributed by atoms with E-state index in [0.717, 1.165) is 26.1 Å². The second-order valence-electron chi connectivity index (χ2n) is 2.95. The fraction of sp³-hybridized carbons (Fsp3) is 0.667. The lowest BCUT2D eigenvalue weighted by Gasteiger charge is -2.23. The fourth-order valence-electron chi connectivity index (χ4n) is 1.26. The van der Waals surface area contributed by atoms with Gasteiger partial charge in [-0.2, -0.15) is 0 Å². The van der Waals surface area contributed by atoms with E-state index < -0.39 is 0 Å². The fourth-order valence-corrected chi connectivity index (χ4v) is 1.26. The van der Waals surface area contributed by atoms with Crippen LogP contribution >= 0.6 is 0 Å². The molecule has 0 fully saturated rings. The highest BCUT2D eigenvalue weighted by molar-refractivity contribution is 5.76. The lowest BCUT2D eigenvalue weighted by molar-refractivity contribution is -0.130. The number of carbonyl (C=O) groups is 1. The Labute approximate surface area is 73.4 Å². The molecule has 1 amide bonds. The Morgan fingerprint density at radius 2 is 2.42 bits per heavy atom. The summed E-state index contributed by atoms with van der Waals surface area (Å²) in [5.74, 6) is 0.258. The number of hydrogen-bond donors (Lipinski definition) is 1. The van der Waals surface area contributed by atoms with Crippen molar-refractivity contribution in [2.45, 2.75) is 12.8 Å². The second kappa shape index (κ2) is 4.93. The third kappa shape index (κ3) is 2.66. The number of carbonyl (C=O) groups excluding carboxylic acids is 1. The van der Waals surface area contributed by atoms with E-state index in [2.05, 4.69) is 17.5 Å². The van der Waals surface area contributed by atoms with Crippen molar-refractivity contribution in [3.05, 3.63) is 12.2 Å². The van der Waals surface area contributed by atoms with Gasteiger partial charge in [-0.3, -0.25) is 4.79 Å². The predicted molar refractivity (Wildman–Crippen MR) is 48.9 cm³/mol. The van der Waals surface area contributed by atoms with E-state index in [9.17, 15) is 4.79 Å². The van der Waals surface area contributed by atoms with Gasteiger partial charge >= 0.3 is 0 Å². The van der Waals surface area contributed by atoms with Gasteiger partial charge in [0.2, 0.25) is 5.91 Å². The van der Waals surface area contributed by atoms with Crippen molar-refractivity contribution < 1.29 is 4.79 Å². The van der Waals surface area contributed by atoms with Gasteiger partial charge in [-0.1, -0.05) is 12.2 Å². The summed E-state index contributed by atoms with van der Waals surface area (Å²) in [6.45, 7) is 2.46. The topological polar surface area (TPSA) is 32.3 Å². The molecule has 1 N–H and O–H groups in total. The first-order valence-electron chi connectivity index (χ1n) is 4.42. The molecule has 0 aliphatic carbocycles. The first-order chi connectivity index (χ1) is 5.84. The van der Waals surface area contributed by atoms with Crippen LogP contribution in [-0.2, 0) is 4.79 Å². The molecule has 0 saturated heterocycles. The van der Waals surface area contributed by atoms with Crippen LogP contribution in [0.3, 0.4) is 0 Å². The lowest BCUT2D eigenvalue weighted by atomic mass is 10.2. The average Bonchev–Trinajstić information content (AvgIpc) is 2.15. The number of amides is 1. The average molecular weight is 168 g/mol. The van der Waals surface area contributed by atoms with E-state index in [1.54, 1.807) is 0 Å². The van der Waals surface area contributed by atoms with Gasteiger partial charge in [-0.05, 0) is 13.5 Å². The van der Waals surface area contributed by atoms with Gasteiger partial charge < -0.3 is 10.2 Å². The lowest BCUT2D eigenvalue weighted by Crippen LogP contribution is -2.35. The Hall–Kier alpha value is -0.830. The number of nitrogens with zero attached hydrogens (tertiary/aromatic N) is 1. The molecule has 1 rings (SSSR count). The van der Waals surface area contributed by atoms with E-state index >= 15 is 0 Å². The quantitative estimate of drug-likeness (QED) is 0.618. The van der Waals surface area contributed by atoms with E-state index in [1.807, 2.05) is 11.9 Å². The molecule has 0 saturated carbocycles. The summed E-state index contributed by atoms with van der Waals surface area (Å²) < 4.78 is 0. The minimum atomic E-state index is 0.258. The molecule has 3 nitrogen and oxygen atoms in total. The van der Waals surface area contributed by atoms with Gasteiger partial charge in [0.15, 0.2) is 0 Å². The minimum absolute atomic E-state index is 0.258. The molecule has 1 heterocycles. The van der Waals surface area contributed by atoms with Crippen LogP contribution in [0.25, 0.3) is 0 Å².